The summed E-state index contributed by atoms with van der Waals surface area (Å²) >= 11 is 0. The third-order valence-electron chi connectivity index (χ3n) is 4.32. The Morgan fingerprint density at radius 3 is 2.86 bits per heavy atom. The van der Waals surface area contributed by atoms with E-state index in [2.05, 4.69) is 42.7 Å². The highest BCUT2D eigenvalue weighted by molar-refractivity contribution is 5.54. The Morgan fingerprint density at radius 1 is 1.14 bits per heavy atom. The van der Waals surface area contributed by atoms with E-state index in [1.54, 1.807) is 0 Å². The first-order valence-corrected chi connectivity index (χ1v) is 8.82. The van der Waals surface area contributed by atoms with Gasteiger partial charge in [0.25, 0.3) is 0 Å². The normalized spacial score (nSPS) is 14.0. The van der Waals surface area contributed by atoms with Crippen LogP contribution in [-0.4, -0.2) is 13.1 Å². The second kappa shape index (κ2) is 9.09. The quantitative estimate of drug-likeness (QED) is 0.641. The van der Waals surface area contributed by atoms with E-state index in [-0.39, 0.29) is 0 Å². The number of unbranched alkanes of at least 4 members (excludes halogenated alkanes) is 3. The molecule has 0 unspecified atom stereocenters. The van der Waals surface area contributed by atoms with Crippen molar-refractivity contribution in [2.75, 3.05) is 18.4 Å². The summed E-state index contributed by atoms with van der Waals surface area (Å²) in [6.45, 7) is 7.92. The molecule has 0 saturated heterocycles. The van der Waals surface area contributed by atoms with E-state index in [4.69, 9.17) is 0 Å². The lowest BCUT2D eigenvalue weighted by Crippen LogP contribution is -2.16. The molecule has 0 saturated carbocycles. The van der Waals surface area contributed by atoms with Crippen LogP contribution in [0, 0.1) is 5.92 Å². The topological polar surface area (TPSA) is 24.1 Å². The van der Waals surface area contributed by atoms with Crippen molar-refractivity contribution < 1.29 is 0 Å². The van der Waals surface area contributed by atoms with Gasteiger partial charge in [0, 0.05) is 18.8 Å². The summed E-state index contributed by atoms with van der Waals surface area (Å²) in [5.41, 5.74) is 4.27. The molecule has 0 amide bonds. The molecule has 1 aromatic carbocycles. The van der Waals surface area contributed by atoms with Gasteiger partial charge in [-0.2, -0.15) is 0 Å². The van der Waals surface area contributed by atoms with Crippen LogP contribution in [-0.2, 0) is 13.0 Å². The first-order chi connectivity index (χ1) is 10.3. The van der Waals surface area contributed by atoms with Crippen LogP contribution in [0.1, 0.15) is 63.5 Å². The van der Waals surface area contributed by atoms with Crippen LogP contribution in [0.3, 0.4) is 0 Å². The van der Waals surface area contributed by atoms with Crippen molar-refractivity contribution in [3.8, 4) is 0 Å². The molecule has 118 valence electrons. The fourth-order valence-electron chi connectivity index (χ4n) is 3.03. The second-order valence-corrected chi connectivity index (χ2v) is 6.80. The van der Waals surface area contributed by atoms with Crippen molar-refractivity contribution in [2.24, 2.45) is 5.92 Å². The minimum atomic E-state index is 0.863. The third-order valence-corrected chi connectivity index (χ3v) is 4.32. The van der Waals surface area contributed by atoms with Crippen LogP contribution in [0.5, 0.6) is 0 Å². The minimum absolute atomic E-state index is 0.863. The van der Waals surface area contributed by atoms with E-state index in [1.165, 1.54) is 61.8 Å². The van der Waals surface area contributed by atoms with Crippen molar-refractivity contribution in [1.29, 1.82) is 0 Å². The maximum absolute atomic E-state index is 3.59. The van der Waals surface area contributed by atoms with E-state index >= 15 is 0 Å². The van der Waals surface area contributed by atoms with Crippen LogP contribution < -0.4 is 10.6 Å². The van der Waals surface area contributed by atoms with Crippen molar-refractivity contribution in [3.63, 3.8) is 0 Å². The average Bonchev–Trinajstić information content (AvgIpc) is 2.49. The Kier molecular flexibility index (Phi) is 7.08. The summed E-state index contributed by atoms with van der Waals surface area (Å²) in [4.78, 5) is 0. The van der Waals surface area contributed by atoms with E-state index in [9.17, 15) is 0 Å². The summed E-state index contributed by atoms with van der Waals surface area (Å²) in [5.74, 6) is 0.863. The molecular weight excluding hydrogens is 256 g/mol. The van der Waals surface area contributed by atoms with Crippen molar-refractivity contribution >= 4 is 5.69 Å². The molecule has 0 aliphatic carbocycles. The Balaban J connectivity index is 1.56. The minimum Gasteiger partial charge on any atom is -0.385 e. The predicted molar refractivity (Wildman–Crippen MR) is 92.9 cm³/mol. The molecule has 1 aliphatic heterocycles. The zero-order valence-corrected chi connectivity index (χ0v) is 13.9. The number of aryl methyl sites for hydroxylation is 1. The van der Waals surface area contributed by atoms with Crippen LogP contribution >= 0.6 is 0 Å². The molecule has 2 nitrogen and oxygen atoms in total. The predicted octanol–water partition coefficient (Wildman–Crippen LogP) is 4.74. The lowest BCUT2D eigenvalue weighted by atomic mass is 10.0. The molecule has 0 atom stereocenters. The average molecular weight is 288 g/mol. The number of anilines is 1. The van der Waals surface area contributed by atoms with Gasteiger partial charge in [-0.25, -0.2) is 0 Å². The van der Waals surface area contributed by atoms with Crippen LogP contribution in [0.15, 0.2) is 18.2 Å². The molecule has 0 radical (unpaired) electrons. The number of hydrogen-bond donors (Lipinski definition) is 2. The maximum Gasteiger partial charge on any atom is 0.0372 e. The number of rotatable bonds is 9. The lowest BCUT2D eigenvalue weighted by molar-refractivity contribution is 0.512. The molecule has 2 rings (SSSR count). The molecule has 1 aromatic rings. The summed E-state index contributed by atoms with van der Waals surface area (Å²) in [6.07, 6.45) is 9.35. The molecule has 0 bridgehead atoms. The number of fused-ring (bicyclic) bond motifs is 1. The molecule has 0 spiro atoms. The number of benzene rings is 1. The highest BCUT2D eigenvalue weighted by Gasteiger charge is 2.08. The summed E-state index contributed by atoms with van der Waals surface area (Å²) in [6, 6.07) is 6.88. The fourth-order valence-corrected chi connectivity index (χ4v) is 3.03. The molecule has 2 heteroatoms. The van der Waals surface area contributed by atoms with Gasteiger partial charge in [0.05, 0.1) is 0 Å². The molecule has 2 N–H and O–H groups in total. The molecule has 0 aromatic heterocycles. The largest absolute Gasteiger partial charge is 0.385 e. The van der Waals surface area contributed by atoms with Gasteiger partial charge in [0.2, 0.25) is 0 Å². The van der Waals surface area contributed by atoms with Crippen molar-refractivity contribution in [1.82, 2.24) is 5.32 Å². The Bertz CT molecular complexity index is 412. The van der Waals surface area contributed by atoms with Gasteiger partial charge in [-0.05, 0) is 48.9 Å². The van der Waals surface area contributed by atoms with Crippen LogP contribution in [0.25, 0.3) is 0 Å². The Morgan fingerprint density at radius 2 is 2.00 bits per heavy atom. The SMILES string of the molecule is CC(C)CCCCCCNCc1ccc2c(c1)CCCN2. The molecule has 21 heavy (non-hydrogen) atoms. The summed E-state index contributed by atoms with van der Waals surface area (Å²) in [7, 11) is 0. The first kappa shape index (κ1) is 16.4. The molecule has 1 aliphatic rings. The van der Waals surface area contributed by atoms with Crippen molar-refractivity contribution in [2.45, 2.75) is 65.3 Å². The number of nitrogens with one attached hydrogen (secondary N) is 2. The molecule has 0 fully saturated rings. The Hall–Kier alpha value is -1.02. The van der Waals surface area contributed by atoms with E-state index in [0.29, 0.717) is 0 Å². The summed E-state index contributed by atoms with van der Waals surface area (Å²) < 4.78 is 0. The van der Waals surface area contributed by atoms with Gasteiger partial charge in [0.15, 0.2) is 0 Å². The van der Waals surface area contributed by atoms with E-state index in [1.807, 2.05) is 0 Å². The zero-order valence-electron chi connectivity index (χ0n) is 13.9. The highest BCUT2D eigenvalue weighted by Crippen LogP contribution is 2.22. The van der Waals surface area contributed by atoms with Crippen molar-refractivity contribution in [3.05, 3.63) is 29.3 Å². The number of hydrogen-bond acceptors (Lipinski definition) is 2. The van der Waals surface area contributed by atoms with E-state index < -0.39 is 0 Å². The Labute approximate surface area is 130 Å². The highest BCUT2D eigenvalue weighted by atomic mass is 14.9. The van der Waals surface area contributed by atoms with Gasteiger partial charge in [-0.15, -0.1) is 0 Å². The standard InChI is InChI=1S/C19H32N2/c1-16(2)8-5-3-4-6-12-20-15-17-10-11-19-18(14-17)9-7-13-21-19/h10-11,14,16,20-21H,3-9,12-13,15H2,1-2H3. The van der Waals surface area contributed by atoms with Gasteiger partial charge in [-0.3, -0.25) is 0 Å². The third kappa shape index (κ3) is 6.09. The van der Waals surface area contributed by atoms with Crippen LogP contribution in [0.2, 0.25) is 0 Å². The monoisotopic (exact) mass is 288 g/mol. The van der Waals surface area contributed by atoms with Gasteiger partial charge in [0.1, 0.15) is 0 Å². The van der Waals surface area contributed by atoms with E-state index in [0.717, 1.165) is 25.6 Å². The first-order valence-electron chi connectivity index (χ1n) is 8.82. The van der Waals surface area contributed by atoms with Gasteiger partial charge >= 0.3 is 0 Å². The summed E-state index contributed by atoms with van der Waals surface area (Å²) in [5, 5.41) is 7.06. The lowest BCUT2D eigenvalue weighted by Gasteiger charge is -2.18. The molecular formula is C19H32N2. The maximum atomic E-state index is 3.59. The fraction of sp³-hybridized carbons (Fsp3) is 0.684. The molecule has 1 heterocycles. The van der Waals surface area contributed by atoms with Crippen LogP contribution in [0.4, 0.5) is 5.69 Å². The smallest absolute Gasteiger partial charge is 0.0372 e. The van der Waals surface area contributed by atoms with Gasteiger partial charge in [-0.1, -0.05) is 51.7 Å². The zero-order chi connectivity index (χ0) is 14.9. The van der Waals surface area contributed by atoms with Gasteiger partial charge < -0.3 is 10.6 Å². The second-order valence-electron chi connectivity index (χ2n) is 6.80.